The summed E-state index contributed by atoms with van der Waals surface area (Å²) in [4.78, 5) is 26.1. The van der Waals surface area contributed by atoms with E-state index in [1.54, 1.807) is 6.20 Å². The fourth-order valence-electron chi connectivity index (χ4n) is 4.31. The Hall–Kier alpha value is -3.05. The number of pyridine rings is 2. The van der Waals surface area contributed by atoms with Crippen LogP contribution < -0.4 is 0 Å². The van der Waals surface area contributed by atoms with E-state index >= 15 is 0 Å². The molecule has 1 fully saturated rings. The van der Waals surface area contributed by atoms with Gasteiger partial charge in [-0.25, -0.2) is 0 Å². The maximum Gasteiger partial charge on any atom is 0.227 e. The van der Waals surface area contributed by atoms with Crippen molar-refractivity contribution in [3.63, 3.8) is 0 Å². The molecule has 5 heteroatoms. The normalized spacial score (nSPS) is 17.5. The van der Waals surface area contributed by atoms with Crippen molar-refractivity contribution in [2.75, 3.05) is 26.2 Å². The lowest BCUT2D eigenvalue weighted by atomic mass is 9.95. The number of benzene rings is 1. The van der Waals surface area contributed by atoms with Gasteiger partial charge in [-0.2, -0.15) is 0 Å². The number of hydrogen-bond acceptors (Lipinski definition) is 4. The highest BCUT2D eigenvalue weighted by Crippen LogP contribution is 2.22. The summed E-state index contributed by atoms with van der Waals surface area (Å²) in [7, 11) is 0. The summed E-state index contributed by atoms with van der Waals surface area (Å²) in [5, 5.41) is 0. The number of rotatable bonds is 7. The molecule has 0 bridgehead atoms. The zero-order chi connectivity index (χ0) is 21.5. The van der Waals surface area contributed by atoms with E-state index in [4.69, 9.17) is 0 Å². The first kappa shape index (κ1) is 21.2. The summed E-state index contributed by atoms with van der Waals surface area (Å²) >= 11 is 0. The van der Waals surface area contributed by atoms with E-state index in [1.807, 2.05) is 36.8 Å². The van der Waals surface area contributed by atoms with Crippen molar-refractivity contribution < 1.29 is 4.79 Å². The predicted molar refractivity (Wildman–Crippen MR) is 123 cm³/mol. The highest BCUT2D eigenvalue weighted by atomic mass is 16.2. The third-order valence-corrected chi connectivity index (χ3v) is 5.90. The maximum atomic E-state index is 13.3. The van der Waals surface area contributed by atoms with Gasteiger partial charge in [-0.3, -0.25) is 19.7 Å². The number of carbonyl (C=O) groups is 1. The molecule has 2 aromatic heterocycles. The number of aromatic nitrogens is 2. The number of nitrogens with zero attached hydrogens (tertiary/aromatic N) is 4. The van der Waals surface area contributed by atoms with Crippen LogP contribution in [-0.2, 0) is 17.8 Å². The number of amides is 1. The predicted octanol–water partition coefficient (Wildman–Crippen LogP) is 4.06. The third kappa shape index (κ3) is 5.56. The van der Waals surface area contributed by atoms with Crippen LogP contribution in [0.25, 0.3) is 11.1 Å². The van der Waals surface area contributed by atoms with E-state index in [9.17, 15) is 4.79 Å². The van der Waals surface area contributed by atoms with Gasteiger partial charge in [0.25, 0.3) is 0 Å². The molecule has 0 aliphatic carbocycles. The molecule has 0 N–H and O–H groups in total. The monoisotopic (exact) mass is 414 g/mol. The third-order valence-electron chi connectivity index (χ3n) is 5.90. The minimum Gasteiger partial charge on any atom is -0.341 e. The Labute approximate surface area is 184 Å². The largest absolute Gasteiger partial charge is 0.341 e. The van der Waals surface area contributed by atoms with Crippen molar-refractivity contribution in [3.8, 4) is 11.1 Å². The molecule has 1 aliphatic rings. The lowest BCUT2D eigenvalue weighted by Crippen LogP contribution is -2.37. The van der Waals surface area contributed by atoms with Gasteiger partial charge in [0.15, 0.2) is 0 Å². The SMILES string of the molecule is CCCN1CCN(Cc2cccnc2)CC(Cc2ccc(-c3ccncc3)cc2)C1=O. The first-order chi connectivity index (χ1) is 15.2. The quantitative estimate of drug-likeness (QED) is 0.585. The number of carbonyl (C=O) groups excluding carboxylic acids is 1. The van der Waals surface area contributed by atoms with Gasteiger partial charge in [-0.1, -0.05) is 37.3 Å². The highest BCUT2D eigenvalue weighted by Gasteiger charge is 2.30. The van der Waals surface area contributed by atoms with Crippen LogP contribution >= 0.6 is 0 Å². The molecule has 5 nitrogen and oxygen atoms in total. The molecule has 0 spiro atoms. The van der Waals surface area contributed by atoms with Crippen LogP contribution in [0, 0.1) is 5.92 Å². The molecule has 3 aromatic rings. The zero-order valence-corrected chi connectivity index (χ0v) is 18.2. The average Bonchev–Trinajstić information content (AvgIpc) is 2.95. The van der Waals surface area contributed by atoms with E-state index < -0.39 is 0 Å². The Kier molecular flexibility index (Phi) is 7.05. The molecule has 1 unspecified atom stereocenters. The van der Waals surface area contributed by atoms with Gasteiger partial charge in [0, 0.05) is 57.5 Å². The summed E-state index contributed by atoms with van der Waals surface area (Å²) in [5.41, 5.74) is 4.73. The molecule has 0 radical (unpaired) electrons. The first-order valence-corrected chi connectivity index (χ1v) is 11.1. The Morgan fingerprint density at radius 2 is 1.68 bits per heavy atom. The van der Waals surface area contributed by atoms with Gasteiger partial charge < -0.3 is 4.90 Å². The van der Waals surface area contributed by atoms with Crippen LogP contribution in [-0.4, -0.2) is 51.9 Å². The molecular formula is C26H30N4O. The fraction of sp³-hybridized carbons (Fsp3) is 0.346. The Balaban J connectivity index is 1.49. The second kappa shape index (κ2) is 10.3. The summed E-state index contributed by atoms with van der Waals surface area (Å²) in [6.45, 7) is 6.27. The van der Waals surface area contributed by atoms with Gasteiger partial charge in [0.05, 0.1) is 5.92 Å². The second-order valence-corrected chi connectivity index (χ2v) is 8.26. The van der Waals surface area contributed by atoms with Crippen LogP contribution in [0.2, 0.25) is 0 Å². The smallest absolute Gasteiger partial charge is 0.227 e. The minimum atomic E-state index is -0.0301. The van der Waals surface area contributed by atoms with E-state index in [-0.39, 0.29) is 11.8 Å². The van der Waals surface area contributed by atoms with Gasteiger partial charge >= 0.3 is 0 Å². The average molecular weight is 415 g/mol. The fourth-order valence-corrected chi connectivity index (χ4v) is 4.31. The van der Waals surface area contributed by atoms with E-state index in [2.05, 4.69) is 57.0 Å². The van der Waals surface area contributed by atoms with E-state index in [0.29, 0.717) is 0 Å². The van der Waals surface area contributed by atoms with Crippen LogP contribution in [0.1, 0.15) is 24.5 Å². The van der Waals surface area contributed by atoms with Crippen molar-refractivity contribution in [3.05, 3.63) is 84.4 Å². The van der Waals surface area contributed by atoms with Gasteiger partial charge in [-0.15, -0.1) is 0 Å². The van der Waals surface area contributed by atoms with Crippen LogP contribution in [0.3, 0.4) is 0 Å². The topological polar surface area (TPSA) is 49.3 Å². The number of hydrogen-bond donors (Lipinski definition) is 0. The van der Waals surface area contributed by atoms with E-state index in [0.717, 1.165) is 51.1 Å². The molecule has 1 aromatic carbocycles. The molecule has 4 rings (SSSR count). The van der Waals surface area contributed by atoms with Crippen LogP contribution in [0.15, 0.2) is 73.3 Å². The molecule has 0 saturated carbocycles. The van der Waals surface area contributed by atoms with Crippen molar-refractivity contribution in [1.82, 2.24) is 19.8 Å². The molecule has 31 heavy (non-hydrogen) atoms. The standard InChI is InChI=1S/C26H30N4O/c1-2-14-30-16-15-29(19-22-4-3-11-28-18-22)20-25(26(30)31)17-21-5-7-23(8-6-21)24-9-12-27-13-10-24/h3-13,18,25H,2,14-17,19-20H2,1H3. The highest BCUT2D eigenvalue weighted by molar-refractivity contribution is 5.79. The van der Waals surface area contributed by atoms with Crippen LogP contribution in [0.4, 0.5) is 0 Å². The zero-order valence-electron chi connectivity index (χ0n) is 18.2. The summed E-state index contributed by atoms with van der Waals surface area (Å²) in [6.07, 6.45) is 9.10. The molecule has 1 saturated heterocycles. The van der Waals surface area contributed by atoms with Crippen LogP contribution in [0.5, 0.6) is 0 Å². The first-order valence-electron chi connectivity index (χ1n) is 11.1. The summed E-state index contributed by atoms with van der Waals surface area (Å²) in [6, 6.07) is 16.7. The van der Waals surface area contributed by atoms with Crippen molar-refractivity contribution >= 4 is 5.91 Å². The van der Waals surface area contributed by atoms with Gasteiger partial charge in [0.1, 0.15) is 0 Å². The summed E-state index contributed by atoms with van der Waals surface area (Å²) in [5.74, 6) is 0.256. The van der Waals surface area contributed by atoms with Gasteiger partial charge in [-0.05, 0) is 53.3 Å². The lowest BCUT2D eigenvalue weighted by molar-refractivity contribution is -0.134. The van der Waals surface area contributed by atoms with Gasteiger partial charge in [0.2, 0.25) is 5.91 Å². The Morgan fingerprint density at radius 3 is 2.39 bits per heavy atom. The molecule has 1 atom stereocenters. The lowest BCUT2D eigenvalue weighted by Gasteiger charge is -2.24. The minimum absolute atomic E-state index is 0.0301. The molecule has 1 aliphatic heterocycles. The van der Waals surface area contributed by atoms with Crippen molar-refractivity contribution in [2.24, 2.45) is 5.92 Å². The molecule has 160 valence electrons. The molecule has 3 heterocycles. The second-order valence-electron chi connectivity index (χ2n) is 8.26. The Morgan fingerprint density at radius 1 is 0.903 bits per heavy atom. The maximum absolute atomic E-state index is 13.3. The summed E-state index contributed by atoms with van der Waals surface area (Å²) < 4.78 is 0. The Bertz CT molecular complexity index is 960. The molecule has 1 amide bonds. The van der Waals surface area contributed by atoms with Crippen molar-refractivity contribution in [1.29, 1.82) is 0 Å². The van der Waals surface area contributed by atoms with E-state index in [1.165, 1.54) is 16.7 Å². The van der Waals surface area contributed by atoms with Crippen molar-refractivity contribution in [2.45, 2.75) is 26.3 Å². The molecular weight excluding hydrogens is 384 g/mol.